The number of aryl methyl sites for hydroxylation is 1. The van der Waals surface area contributed by atoms with Crippen LogP contribution < -0.4 is 4.72 Å². The van der Waals surface area contributed by atoms with Crippen LogP contribution >= 0.6 is 0 Å². The average molecular weight is 311 g/mol. The summed E-state index contributed by atoms with van der Waals surface area (Å²) in [5.41, 5.74) is 2.05. The number of nitrogens with one attached hydrogen (secondary N) is 1. The standard InChI is InChI=1S/C14H17NO5S/c1-9-7-20-13-5-4-11(6-12(9)13)15-21(17,18)8-10(2)14(16)19-3/h4-7,10,15H,8H2,1-3H3/t10-/m1/s1. The predicted molar refractivity (Wildman–Crippen MR) is 79.5 cm³/mol. The second-order valence-corrected chi connectivity index (χ2v) is 6.70. The molecule has 0 bridgehead atoms. The van der Waals surface area contributed by atoms with Gasteiger partial charge in [0.05, 0.1) is 25.0 Å². The number of sulfonamides is 1. The molecule has 2 aromatic rings. The molecule has 0 aliphatic carbocycles. The van der Waals surface area contributed by atoms with Gasteiger partial charge in [0.15, 0.2) is 0 Å². The van der Waals surface area contributed by atoms with Gasteiger partial charge >= 0.3 is 5.97 Å². The van der Waals surface area contributed by atoms with Crippen molar-refractivity contribution in [2.45, 2.75) is 13.8 Å². The molecule has 21 heavy (non-hydrogen) atoms. The maximum Gasteiger partial charge on any atom is 0.309 e. The molecule has 0 fully saturated rings. The van der Waals surface area contributed by atoms with E-state index in [1.807, 2.05) is 6.92 Å². The highest BCUT2D eigenvalue weighted by Gasteiger charge is 2.22. The summed E-state index contributed by atoms with van der Waals surface area (Å²) >= 11 is 0. The molecule has 1 aromatic carbocycles. The Balaban J connectivity index is 2.18. The molecular formula is C14H17NO5S. The third-order valence-electron chi connectivity index (χ3n) is 3.11. The van der Waals surface area contributed by atoms with Crippen molar-refractivity contribution in [2.75, 3.05) is 17.6 Å². The van der Waals surface area contributed by atoms with Gasteiger partial charge in [-0.3, -0.25) is 9.52 Å². The SMILES string of the molecule is COC(=O)[C@H](C)CS(=O)(=O)Nc1ccc2occ(C)c2c1. The van der Waals surface area contributed by atoms with E-state index in [-0.39, 0.29) is 5.75 Å². The van der Waals surface area contributed by atoms with Gasteiger partial charge in [-0.15, -0.1) is 0 Å². The highest BCUT2D eigenvalue weighted by atomic mass is 32.2. The van der Waals surface area contributed by atoms with Crippen molar-refractivity contribution in [2.24, 2.45) is 5.92 Å². The fourth-order valence-electron chi connectivity index (χ4n) is 2.04. The van der Waals surface area contributed by atoms with E-state index in [1.54, 1.807) is 24.5 Å². The van der Waals surface area contributed by atoms with Crippen LogP contribution in [0.25, 0.3) is 11.0 Å². The average Bonchev–Trinajstić information content (AvgIpc) is 2.78. The summed E-state index contributed by atoms with van der Waals surface area (Å²) in [6.07, 6.45) is 1.61. The van der Waals surface area contributed by atoms with E-state index in [0.29, 0.717) is 11.3 Å². The van der Waals surface area contributed by atoms with Gasteiger partial charge < -0.3 is 9.15 Å². The van der Waals surface area contributed by atoms with Gasteiger partial charge in [0.2, 0.25) is 10.0 Å². The van der Waals surface area contributed by atoms with Crippen molar-refractivity contribution < 1.29 is 22.4 Å². The summed E-state index contributed by atoms with van der Waals surface area (Å²) in [7, 11) is -2.40. The minimum Gasteiger partial charge on any atom is -0.469 e. The molecule has 0 amide bonds. The zero-order valence-electron chi connectivity index (χ0n) is 12.0. The first-order chi connectivity index (χ1) is 9.82. The number of anilines is 1. The number of ether oxygens (including phenoxy) is 1. The number of methoxy groups -OCH3 is 1. The molecule has 7 heteroatoms. The lowest BCUT2D eigenvalue weighted by atomic mass is 10.2. The molecule has 0 unspecified atom stereocenters. The molecule has 1 aromatic heterocycles. The summed E-state index contributed by atoms with van der Waals surface area (Å²) < 4.78 is 36.4. The zero-order chi connectivity index (χ0) is 15.6. The van der Waals surface area contributed by atoms with Crippen LogP contribution in [-0.2, 0) is 19.6 Å². The third-order valence-corrected chi connectivity index (χ3v) is 4.60. The number of esters is 1. The fraction of sp³-hybridized carbons (Fsp3) is 0.357. The summed E-state index contributed by atoms with van der Waals surface area (Å²) in [4.78, 5) is 11.3. The molecule has 0 saturated carbocycles. The van der Waals surface area contributed by atoms with E-state index in [9.17, 15) is 13.2 Å². The fourth-order valence-corrected chi connectivity index (χ4v) is 3.40. The predicted octanol–water partition coefficient (Wildman–Crippen LogP) is 2.29. The molecular weight excluding hydrogens is 294 g/mol. The Morgan fingerprint density at radius 2 is 2.14 bits per heavy atom. The zero-order valence-corrected chi connectivity index (χ0v) is 12.9. The smallest absolute Gasteiger partial charge is 0.309 e. The first-order valence-electron chi connectivity index (χ1n) is 6.38. The van der Waals surface area contributed by atoms with Crippen LogP contribution in [0.15, 0.2) is 28.9 Å². The third kappa shape index (κ3) is 3.55. The minimum absolute atomic E-state index is 0.331. The Bertz CT molecular complexity index is 763. The maximum absolute atomic E-state index is 12.0. The number of hydrogen-bond donors (Lipinski definition) is 1. The quantitative estimate of drug-likeness (QED) is 0.856. The molecule has 114 valence electrons. The number of fused-ring (bicyclic) bond motifs is 1. The van der Waals surface area contributed by atoms with E-state index in [4.69, 9.17) is 4.42 Å². The molecule has 0 aliphatic rings. The van der Waals surface area contributed by atoms with Gasteiger partial charge in [-0.2, -0.15) is 0 Å². The van der Waals surface area contributed by atoms with Crippen molar-refractivity contribution in [3.63, 3.8) is 0 Å². The van der Waals surface area contributed by atoms with Gasteiger partial charge in [-0.25, -0.2) is 8.42 Å². The maximum atomic E-state index is 12.0. The monoisotopic (exact) mass is 311 g/mol. The van der Waals surface area contributed by atoms with Crippen molar-refractivity contribution in [1.29, 1.82) is 0 Å². The molecule has 0 radical (unpaired) electrons. The number of hydrogen-bond acceptors (Lipinski definition) is 5. The Morgan fingerprint density at radius 3 is 2.81 bits per heavy atom. The lowest BCUT2D eigenvalue weighted by molar-refractivity contribution is -0.144. The minimum atomic E-state index is -3.63. The highest BCUT2D eigenvalue weighted by molar-refractivity contribution is 7.92. The first kappa shape index (κ1) is 15.4. The summed E-state index contributed by atoms with van der Waals surface area (Å²) in [5, 5.41) is 0.844. The number of furan rings is 1. The van der Waals surface area contributed by atoms with Crippen LogP contribution in [0.4, 0.5) is 5.69 Å². The molecule has 1 N–H and O–H groups in total. The Morgan fingerprint density at radius 1 is 1.43 bits per heavy atom. The van der Waals surface area contributed by atoms with Crippen LogP contribution in [0.5, 0.6) is 0 Å². The summed E-state index contributed by atoms with van der Waals surface area (Å²) in [5.74, 6) is -1.62. The number of rotatable bonds is 5. The van der Waals surface area contributed by atoms with E-state index in [1.165, 1.54) is 14.0 Å². The highest BCUT2D eigenvalue weighted by Crippen LogP contribution is 2.24. The molecule has 1 atom stereocenters. The largest absolute Gasteiger partial charge is 0.469 e. The number of carbonyl (C=O) groups excluding carboxylic acids is 1. The van der Waals surface area contributed by atoms with E-state index in [0.717, 1.165) is 10.9 Å². The lowest BCUT2D eigenvalue weighted by Crippen LogP contribution is -2.26. The first-order valence-corrected chi connectivity index (χ1v) is 8.04. The van der Waals surface area contributed by atoms with Crippen LogP contribution in [0, 0.1) is 12.8 Å². The second-order valence-electron chi connectivity index (χ2n) is 4.94. The molecule has 0 spiro atoms. The van der Waals surface area contributed by atoms with Crippen molar-refractivity contribution in [3.8, 4) is 0 Å². The van der Waals surface area contributed by atoms with E-state index >= 15 is 0 Å². The summed E-state index contributed by atoms with van der Waals surface area (Å²) in [6, 6.07) is 5.02. The second kappa shape index (κ2) is 5.77. The van der Waals surface area contributed by atoms with Gasteiger partial charge in [-0.05, 0) is 30.7 Å². The molecule has 1 heterocycles. The van der Waals surface area contributed by atoms with Crippen LogP contribution in [-0.4, -0.2) is 27.2 Å². The molecule has 0 saturated heterocycles. The van der Waals surface area contributed by atoms with E-state index < -0.39 is 21.9 Å². The van der Waals surface area contributed by atoms with E-state index in [2.05, 4.69) is 9.46 Å². The van der Waals surface area contributed by atoms with Crippen molar-refractivity contribution >= 4 is 32.6 Å². The van der Waals surface area contributed by atoms with Gasteiger partial charge in [0.1, 0.15) is 5.58 Å². The molecule has 2 rings (SSSR count). The number of carbonyl (C=O) groups is 1. The van der Waals surface area contributed by atoms with Crippen LogP contribution in [0.3, 0.4) is 0 Å². The van der Waals surface area contributed by atoms with Gasteiger partial charge in [0, 0.05) is 11.1 Å². The van der Waals surface area contributed by atoms with Crippen molar-refractivity contribution in [1.82, 2.24) is 0 Å². The van der Waals surface area contributed by atoms with Crippen molar-refractivity contribution in [3.05, 3.63) is 30.0 Å². The van der Waals surface area contributed by atoms with Crippen LogP contribution in [0.2, 0.25) is 0 Å². The normalized spacial score (nSPS) is 13.1. The molecule has 6 nitrogen and oxygen atoms in total. The van der Waals surface area contributed by atoms with Gasteiger partial charge in [0.25, 0.3) is 0 Å². The Kier molecular flexibility index (Phi) is 4.22. The lowest BCUT2D eigenvalue weighted by Gasteiger charge is -2.11. The topological polar surface area (TPSA) is 85.6 Å². The van der Waals surface area contributed by atoms with Gasteiger partial charge in [-0.1, -0.05) is 6.92 Å². The Hall–Kier alpha value is -2.02. The Labute approximate surface area is 123 Å². The number of benzene rings is 1. The molecule has 0 aliphatic heterocycles. The summed E-state index contributed by atoms with van der Waals surface area (Å²) in [6.45, 7) is 3.39. The van der Waals surface area contributed by atoms with Crippen LogP contribution in [0.1, 0.15) is 12.5 Å².